The van der Waals surface area contributed by atoms with Gasteiger partial charge >= 0.3 is 5.97 Å². The van der Waals surface area contributed by atoms with E-state index >= 15 is 0 Å². The first-order valence-electron chi connectivity index (χ1n) is 7.31. The molecule has 1 N–H and O–H groups in total. The van der Waals surface area contributed by atoms with Crippen LogP contribution < -0.4 is 4.74 Å². The van der Waals surface area contributed by atoms with Crippen molar-refractivity contribution in [1.82, 2.24) is 0 Å². The van der Waals surface area contributed by atoms with E-state index in [4.69, 9.17) is 9.47 Å². The highest BCUT2D eigenvalue weighted by molar-refractivity contribution is 9.10. The summed E-state index contributed by atoms with van der Waals surface area (Å²) in [5, 5.41) is 10.0. The minimum Gasteiger partial charge on any atom is -0.507 e. The van der Waals surface area contributed by atoms with Crippen molar-refractivity contribution < 1.29 is 19.4 Å². The number of aliphatic imine (C=N–C) groups is 1. The summed E-state index contributed by atoms with van der Waals surface area (Å²) in [5.41, 5.74) is 1.30. The van der Waals surface area contributed by atoms with Gasteiger partial charge in [-0.15, -0.1) is 0 Å². The van der Waals surface area contributed by atoms with E-state index in [-0.39, 0.29) is 17.3 Å². The predicted octanol–water partition coefficient (Wildman–Crippen LogP) is 3.90. The molecule has 1 heterocycles. The lowest BCUT2D eigenvalue weighted by Gasteiger charge is -2.05. The maximum Gasteiger partial charge on any atom is 0.363 e. The molecule has 0 aliphatic carbocycles. The van der Waals surface area contributed by atoms with E-state index in [0.29, 0.717) is 23.5 Å². The zero-order valence-electron chi connectivity index (χ0n) is 12.8. The smallest absolute Gasteiger partial charge is 0.363 e. The van der Waals surface area contributed by atoms with Crippen molar-refractivity contribution in [2.45, 2.75) is 6.92 Å². The number of halogens is 1. The number of ether oxygens (including phenoxy) is 2. The maximum atomic E-state index is 12.0. The molecule has 0 unspecified atom stereocenters. The molecule has 6 heteroatoms. The molecule has 122 valence electrons. The molecule has 2 aromatic carbocycles. The third-order valence-corrected chi connectivity index (χ3v) is 3.85. The Labute approximate surface area is 147 Å². The number of aromatic hydroxyl groups is 1. The highest BCUT2D eigenvalue weighted by atomic mass is 79.9. The second-order valence-corrected chi connectivity index (χ2v) is 5.91. The number of carbonyl (C=O) groups excluding carboxylic acids is 1. The van der Waals surface area contributed by atoms with Crippen molar-refractivity contribution in [3.05, 3.63) is 63.8 Å². The molecule has 2 aromatic rings. The predicted molar refractivity (Wildman–Crippen MR) is 94.0 cm³/mol. The topological polar surface area (TPSA) is 68.1 Å². The summed E-state index contributed by atoms with van der Waals surface area (Å²) < 4.78 is 11.4. The number of benzene rings is 2. The van der Waals surface area contributed by atoms with Gasteiger partial charge in [-0.25, -0.2) is 9.79 Å². The fourth-order valence-electron chi connectivity index (χ4n) is 2.17. The van der Waals surface area contributed by atoms with Crippen LogP contribution in [0.5, 0.6) is 11.5 Å². The van der Waals surface area contributed by atoms with Gasteiger partial charge < -0.3 is 14.6 Å². The summed E-state index contributed by atoms with van der Waals surface area (Å²) in [6.45, 7) is 2.37. The van der Waals surface area contributed by atoms with Gasteiger partial charge in [0.05, 0.1) is 6.61 Å². The number of cyclic esters (lactones) is 1. The number of hydrogen-bond acceptors (Lipinski definition) is 5. The zero-order chi connectivity index (χ0) is 17.1. The van der Waals surface area contributed by atoms with Crippen molar-refractivity contribution in [3.63, 3.8) is 0 Å². The second kappa shape index (κ2) is 6.88. The number of rotatable bonds is 4. The lowest BCUT2D eigenvalue weighted by molar-refractivity contribution is -0.129. The molecule has 3 rings (SSSR count). The van der Waals surface area contributed by atoms with Gasteiger partial charge in [0.15, 0.2) is 5.70 Å². The van der Waals surface area contributed by atoms with E-state index in [1.165, 1.54) is 12.1 Å². The maximum absolute atomic E-state index is 12.0. The Morgan fingerprint density at radius 3 is 2.67 bits per heavy atom. The van der Waals surface area contributed by atoms with Gasteiger partial charge in [0, 0.05) is 21.7 Å². The average molecular weight is 388 g/mol. The molecule has 0 atom stereocenters. The molecule has 1 aliphatic heterocycles. The van der Waals surface area contributed by atoms with E-state index in [9.17, 15) is 9.90 Å². The van der Waals surface area contributed by atoms with Gasteiger partial charge in [0.2, 0.25) is 5.90 Å². The fourth-order valence-corrected chi connectivity index (χ4v) is 2.44. The molecule has 0 saturated carbocycles. The normalized spacial score (nSPS) is 15.3. The number of esters is 1. The molecule has 24 heavy (non-hydrogen) atoms. The van der Waals surface area contributed by atoms with Gasteiger partial charge in [-0.05, 0) is 49.4 Å². The van der Waals surface area contributed by atoms with Crippen LogP contribution in [0.4, 0.5) is 0 Å². The van der Waals surface area contributed by atoms with Crippen LogP contribution in [0, 0.1) is 0 Å². The van der Waals surface area contributed by atoms with Gasteiger partial charge in [0.25, 0.3) is 0 Å². The number of phenolic OH excluding ortho intramolecular Hbond substituents is 1. The lowest BCUT2D eigenvalue weighted by atomic mass is 10.1. The van der Waals surface area contributed by atoms with E-state index in [1.807, 2.05) is 19.1 Å². The minimum absolute atomic E-state index is 0.00791. The van der Waals surface area contributed by atoms with Crippen molar-refractivity contribution in [2.24, 2.45) is 4.99 Å². The molecule has 0 aromatic heterocycles. The highest BCUT2D eigenvalue weighted by Gasteiger charge is 2.24. The summed E-state index contributed by atoms with van der Waals surface area (Å²) >= 11 is 3.35. The van der Waals surface area contributed by atoms with Crippen molar-refractivity contribution >= 4 is 33.9 Å². The molecular formula is C18H14BrNO4. The molecule has 0 saturated heterocycles. The Bertz CT molecular complexity index is 841. The largest absolute Gasteiger partial charge is 0.507 e. The van der Waals surface area contributed by atoms with Crippen LogP contribution in [0.3, 0.4) is 0 Å². The average Bonchev–Trinajstić information content (AvgIpc) is 2.92. The van der Waals surface area contributed by atoms with Crippen molar-refractivity contribution in [1.29, 1.82) is 0 Å². The third-order valence-electron chi connectivity index (χ3n) is 3.32. The molecule has 0 spiro atoms. The standard InChI is InChI=1S/C18H14BrNO4/c1-2-23-14-8-5-12(16(21)10-14)9-15-18(22)24-17(20-15)11-3-6-13(19)7-4-11/h3-10,21H,2H2,1H3/b15-9-. The van der Waals surface area contributed by atoms with Crippen molar-refractivity contribution in [2.75, 3.05) is 6.61 Å². The summed E-state index contributed by atoms with van der Waals surface area (Å²) in [6, 6.07) is 12.1. The molecule has 0 fully saturated rings. The zero-order valence-corrected chi connectivity index (χ0v) is 14.4. The van der Waals surface area contributed by atoms with Gasteiger partial charge in [-0.2, -0.15) is 0 Å². The number of nitrogens with zero attached hydrogens (tertiary/aromatic N) is 1. The molecule has 0 amide bonds. The van der Waals surface area contributed by atoms with Crippen LogP contribution >= 0.6 is 15.9 Å². The Morgan fingerprint density at radius 1 is 1.25 bits per heavy atom. The van der Waals surface area contributed by atoms with Crippen LogP contribution in [0.2, 0.25) is 0 Å². The number of phenols is 1. The lowest BCUT2D eigenvalue weighted by Crippen LogP contribution is -2.05. The molecule has 0 bridgehead atoms. The van der Waals surface area contributed by atoms with Crippen LogP contribution in [0.25, 0.3) is 6.08 Å². The summed E-state index contributed by atoms with van der Waals surface area (Å²) in [6.07, 6.45) is 1.49. The van der Waals surface area contributed by atoms with E-state index in [2.05, 4.69) is 20.9 Å². The highest BCUT2D eigenvalue weighted by Crippen LogP contribution is 2.27. The van der Waals surface area contributed by atoms with Gasteiger partial charge in [-0.1, -0.05) is 15.9 Å². The van der Waals surface area contributed by atoms with E-state index < -0.39 is 5.97 Å². The van der Waals surface area contributed by atoms with Gasteiger partial charge in [-0.3, -0.25) is 0 Å². The van der Waals surface area contributed by atoms with Crippen LogP contribution in [-0.4, -0.2) is 23.6 Å². The van der Waals surface area contributed by atoms with Gasteiger partial charge in [0.1, 0.15) is 11.5 Å². The monoisotopic (exact) mass is 387 g/mol. The van der Waals surface area contributed by atoms with E-state index in [1.54, 1.807) is 24.3 Å². The first kappa shape index (κ1) is 16.3. The van der Waals surface area contributed by atoms with Crippen LogP contribution in [0.1, 0.15) is 18.1 Å². The number of carbonyl (C=O) groups is 1. The molecular weight excluding hydrogens is 374 g/mol. The Hall–Kier alpha value is -2.60. The first-order valence-corrected chi connectivity index (χ1v) is 8.10. The summed E-state index contributed by atoms with van der Waals surface area (Å²) in [5.74, 6) is 0.254. The summed E-state index contributed by atoms with van der Waals surface area (Å²) in [7, 11) is 0. The van der Waals surface area contributed by atoms with Crippen molar-refractivity contribution in [3.8, 4) is 11.5 Å². The van der Waals surface area contributed by atoms with Crippen LogP contribution in [0.15, 0.2) is 57.6 Å². The Kier molecular flexibility index (Phi) is 4.66. The first-order chi connectivity index (χ1) is 11.6. The quantitative estimate of drug-likeness (QED) is 0.637. The molecule has 5 nitrogen and oxygen atoms in total. The van der Waals surface area contributed by atoms with E-state index in [0.717, 1.165) is 4.47 Å². The Morgan fingerprint density at radius 2 is 2.00 bits per heavy atom. The molecule has 1 aliphatic rings. The third kappa shape index (κ3) is 3.49. The second-order valence-electron chi connectivity index (χ2n) is 5.00. The summed E-state index contributed by atoms with van der Waals surface area (Å²) in [4.78, 5) is 16.2. The Balaban J connectivity index is 1.89. The minimum atomic E-state index is -0.554. The SMILES string of the molecule is CCOc1ccc(/C=C2\N=C(c3ccc(Br)cc3)OC2=O)c(O)c1. The fraction of sp³-hybridized carbons (Fsp3) is 0.111. The van der Waals surface area contributed by atoms with Crippen LogP contribution in [-0.2, 0) is 9.53 Å². The molecule has 0 radical (unpaired) electrons. The number of hydrogen-bond donors (Lipinski definition) is 1.